The summed E-state index contributed by atoms with van der Waals surface area (Å²) in [5.41, 5.74) is 8.23. The predicted octanol–water partition coefficient (Wildman–Crippen LogP) is 13.6. The topological polar surface area (TPSA) is 53.5 Å². The molecule has 89 heavy (non-hydrogen) atoms. The van der Waals surface area contributed by atoms with Crippen LogP contribution in [0.15, 0.2) is 340 Å². The highest BCUT2D eigenvalue weighted by Crippen LogP contribution is 2.42. The van der Waals surface area contributed by atoms with Gasteiger partial charge in [-0.3, -0.25) is 9.13 Å². The summed E-state index contributed by atoms with van der Waals surface area (Å²) in [7, 11) is -5.87. The van der Waals surface area contributed by atoms with Crippen LogP contribution in [0.5, 0.6) is 0 Å². The maximum absolute atomic E-state index is 5.80. The summed E-state index contributed by atoms with van der Waals surface area (Å²) < 4.78 is 6.99. The van der Waals surface area contributed by atoms with Gasteiger partial charge >= 0.3 is 0 Å². The SMILES string of the molecule is c1ccc(-n2c3ccccc3c3c2ccc2c4cc([Si](c5ccccc5)(c5ccccc5)c5ccccc5)ccc4n(-c4nc(-c5ccc([Si](c6ccccc6)(c6ccccc6)c6ccccc6)cc5)nc(-n5c6ccccc6c6ccccc65)n4)c23)cc1. The third kappa shape index (κ3) is 8.11. The Kier molecular flexibility index (Phi) is 12.5. The van der Waals surface area contributed by atoms with Crippen molar-refractivity contribution in [2.24, 2.45) is 0 Å². The normalized spacial score (nSPS) is 12.0. The van der Waals surface area contributed by atoms with Gasteiger partial charge in [0.25, 0.3) is 0 Å². The molecular weight excluding hydrogens is 1110 g/mol. The van der Waals surface area contributed by atoms with Gasteiger partial charge < -0.3 is 4.57 Å². The Morgan fingerprint density at radius 3 is 1.04 bits per heavy atom. The number of nitrogens with zero attached hydrogens (tertiary/aromatic N) is 6. The molecule has 0 saturated heterocycles. The Morgan fingerprint density at radius 1 is 0.225 bits per heavy atom. The maximum atomic E-state index is 5.80. The minimum Gasteiger partial charge on any atom is -0.309 e. The average molecular weight is 1170 g/mol. The lowest BCUT2D eigenvalue weighted by Crippen LogP contribution is -2.74. The fraction of sp³-hybridized carbons (Fsp3) is 0. The Morgan fingerprint density at radius 2 is 0.573 bits per heavy atom. The van der Waals surface area contributed by atoms with Crippen molar-refractivity contribution in [3.63, 3.8) is 0 Å². The van der Waals surface area contributed by atoms with Gasteiger partial charge in [0.15, 0.2) is 22.0 Å². The lowest BCUT2D eigenvalue weighted by atomic mass is 10.1. The lowest BCUT2D eigenvalue weighted by molar-refractivity contribution is 0.894. The van der Waals surface area contributed by atoms with Gasteiger partial charge in [0.1, 0.15) is 0 Å². The zero-order valence-corrected chi connectivity index (χ0v) is 50.5. The summed E-state index contributed by atoms with van der Waals surface area (Å²) in [6.45, 7) is 0. The molecule has 0 spiro atoms. The maximum Gasteiger partial charge on any atom is 0.240 e. The summed E-state index contributed by atoms with van der Waals surface area (Å²) in [5, 5.41) is 17.2. The first-order valence-electron chi connectivity index (χ1n) is 30.4. The second kappa shape index (κ2) is 21.3. The van der Waals surface area contributed by atoms with Gasteiger partial charge in [-0.1, -0.05) is 297 Å². The van der Waals surface area contributed by atoms with Crippen molar-refractivity contribution >= 4 is 123 Å². The van der Waals surface area contributed by atoms with Gasteiger partial charge in [-0.25, -0.2) is 0 Å². The van der Waals surface area contributed by atoms with Crippen LogP contribution in [0, 0.1) is 0 Å². The van der Waals surface area contributed by atoms with Gasteiger partial charge in [0, 0.05) is 43.6 Å². The molecule has 17 rings (SSSR count). The molecule has 8 heteroatoms. The summed E-state index contributed by atoms with van der Waals surface area (Å²) in [6, 6.07) is 125. The summed E-state index contributed by atoms with van der Waals surface area (Å²) in [6.07, 6.45) is 0. The molecule has 418 valence electrons. The molecule has 0 aliphatic rings. The summed E-state index contributed by atoms with van der Waals surface area (Å²) in [4.78, 5) is 17.2. The molecule has 0 unspecified atom stereocenters. The van der Waals surface area contributed by atoms with Crippen molar-refractivity contribution in [1.82, 2.24) is 28.7 Å². The van der Waals surface area contributed by atoms with Crippen molar-refractivity contribution in [1.29, 1.82) is 0 Å². The van der Waals surface area contributed by atoms with E-state index < -0.39 is 16.1 Å². The second-order valence-corrected chi connectivity index (χ2v) is 30.6. The molecule has 0 fully saturated rings. The standard InChI is InChI=1S/C81H56N6Si2/c1-8-28-58(29-9-1)85-74-47-27-24-44-70(74)77-76(85)55-53-69-71-56-66(89(62-36-16-5-17-37-62,63-38-18-6-19-39-63)64-40-20-7-21-41-64)52-54-75(71)87(78(69)77)81-83-79(82-80(84-81)86-72-45-25-22-42-67(72)68-43-23-26-46-73(68)86)57-48-50-65(51-49-57)88(59-30-10-2-11-31-59,60-32-12-3-13-33-60)61-34-14-4-15-35-61/h1-56H. The van der Waals surface area contributed by atoms with Crippen molar-refractivity contribution in [3.8, 4) is 29.0 Å². The first-order chi connectivity index (χ1) is 44.2. The van der Waals surface area contributed by atoms with E-state index in [4.69, 9.17) is 15.0 Å². The fourth-order valence-corrected chi connectivity index (χ4v) is 24.2. The lowest BCUT2D eigenvalue weighted by Gasteiger charge is -2.34. The highest BCUT2D eigenvalue weighted by atomic mass is 28.3. The van der Waals surface area contributed by atoms with Crippen molar-refractivity contribution < 1.29 is 0 Å². The van der Waals surface area contributed by atoms with E-state index in [1.165, 1.54) is 41.5 Å². The third-order valence-electron chi connectivity index (χ3n) is 18.4. The van der Waals surface area contributed by atoms with Crippen LogP contribution in [0.25, 0.3) is 94.4 Å². The van der Waals surface area contributed by atoms with E-state index in [2.05, 4.69) is 353 Å². The van der Waals surface area contributed by atoms with Crippen molar-refractivity contribution in [3.05, 3.63) is 340 Å². The van der Waals surface area contributed by atoms with Crippen LogP contribution in [0.1, 0.15) is 0 Å². The molecule has 13 aromatic carbocycles. The largest absolute Gasteiger partial charge is 0.309 e. The van der Waals surface area contributed by atoms with Gasteiger partial charge in [-0.05, 0) is 84.0 Å². The van der Waals surface area contributed by atoms with Gasteiger partial charge in [-0.15, -0.1) is 0 Å². The molecule has 17 aromatic rings. The highest BCUT2D eigenvalue weighted by molar-refractivity contribution is 7.20. The van der Waals surface area contributed by atoms with E-state index in [0.29, 0.717) is 17.7 Å². The quantitative estimate of drug-likeness (QED) is 0.0905. The molecule has 0 bridgehead atoms. The predicted molar refractivity (Wildman–Crippen MR) is 376 cm³/mol. The molecule has 0 radical (unpaired) electrons. The number of hydrogen-bond acceptors (Lipinski definition) is 3. The van der Waals surface area contributed by atoms with Crippen molar-refractivity contribution in [2.75, 3.05) is 0 Å². The summed E-state index contributed by atoms with van der Waals surface area (Å²) in [5.74, 6) is 1.62. The highest BCUT2D eigenvalue weighted by Gasteiger charge is 2.43. The van der Waals surface area contributed by atoms with Gasteiger partial charge in [0.05, 0.1) is 33.1 Å². The first-order valence-corrected chi connectivity index (χ1v) is 34.4. The zero-order valence-electron chi connectivity index (χ0n) is 48.5. The number of para-hydroxylation sites is 4. The zero-order chi connectivity index (χ0) is 58.9. The van der Waals surface area contributed by atoms with Crippen LogP contribution >= 0.6 is 0 Å². The van der Waals surface area contributed by atoms with Crippen LogP contribution in [-0.4, -0.2) is 44.8 Å². The molecule has 4 aromatic heterocycles. The Labute approximate surface area is 517 Å². The van der Waals surface area contributed by atoms with E-state index >= 15 is 0 Å². The molecular formula is C81H56N6Si2. The van der Waals surface area contributed by atoms with E-state index in [0.717, 1.165) is 76.7 Å². The third-order valence-corrected chi connectivity index (χ3v) is 28.0. The summed E-state index contributed by atoms with van der Waals surface area (Å²) >= 11 is 0. The van der Waals surface area contributed by atoms with Crippen LogP contribution < -0.4 is 41.5 Å². The second-order valence-electron chi connectivity index (χ2n) is 23.0. The first kappa shape index (κ1) is 52.1. The van der Waals surface area contributed by atoms with E-state index in [1.54, 1.807) is 0 Å². The van der Waals surface area contributed by atoms with Gasteiger partial charge in [-0.2, -0.15) is 15.0 Å². The Hall–Kier alpha value is -11.3. The average Bonchev–Trinajstić information content (AvgIpc) is 1.63. The van der Waals surface area contributed by atoms with Crippen LogP contribution in [0.4, 0.5) is 0 Å². The number of rotatable bonds is 12. The van der Waals surface area contributed by atoms with E-state index in [1.807, 2.05) is 0 Å². The minimum atomic E-state index is -3.00. The number of fused-ring (bicyclic) bond motifs is 10. The van der Waals surface area contributed by atoms with Crippen LogP contribution in [0.3, 0.4) is 0 Å². The van der Waals surface area contributed by atoms with Crippen LogP contribution in [-0.2, 0) is 0 Å². The molecule has 0 N–H and O–H groups in total. The molecule has 6 nitrogen and oxygen atoms in total. The molecule has 4 heterocycles. The molecule has 0 amide bonds. The monoisotopic (exact) mass is 1170 g/mol. The van der Waals surface area contributed by atoms with Crippen molar-refractivity contribution in [2.45, 2.75) is 0 Å². The minimum absolute atomic E-state index is 0.520. The Balaban J connectivity index is 0.986. The molecule has 0 aliphatic carbocycles. The Bertz CT molecular complexity index is 5220. The smallest absolute Gasteiger partial charge is 0.240 e. The van der Waals surface area contributed by atoms with Crippen LogP contribution in [0.2, 0.25) is 0 Å². The molecule has 0 aliphatic heterocycles. The number of hydrogen-bond donors (Lipinski definition) is 0. The fourth-order valence-electron chi connectivity index (χ4n) is 14.7. The number of benzene rings is 13. The molecule has 0 atom stereocenters. The number of aromatic nitrogens is 6. The van der Waals surface area contributed by atoms with E-state index in [9.17, 15) is 0 Å². The van der Waals surface area contributed by atoms with Gasteiger partial charge in [0.2, 0.25) is 11.9 Å². The molecule has 0 saturated carbocycles. The van der Waals surface area contributed by atoms with E-state index in [-0.39, 0.29) is 0 Å².